The van der Waals surface area contributed by atoms with E-state index in [1.165, 1.54) is 11.1 Å². The summed E-state index contributed by atoms with van der Waals surface area (Å²) < 4.78 is 5.91. The van der Waals surface area contributed by atoms with Crippen LogP contribution in [0, 0.1) is 0 Å². The van der Waals surface area contributed by atoms with Crippen LogP contribution in [-0.4, -0.2) is 34.8 Å². The average Bonchev–Trinajstić information content (AvgIpc) is 3.32. The quantitative estimate of drug-likeness (QED) is 0.687. The fraction of sp³-hybridized carbons (Fsp3) is 0.542. The predicted octanol–water partition coefficient (Wildman–Crippen LogP) is 5.22. The molecular formula is C24H34N2O2. The SMILES string of the molecule is CC(C)N(Cc1ccc(C(C)(C)C)cc1)Cc1ccc(C(=O)N2CCCC2)o1. The number of hydrogen-bond acceptors (Lipinski definition) is 3. The van der Waals surface area contributed by atoms with Crippen LogP contribution >= 0.6 is 0 Å². The highest BCUT2D eigenvalue weighted by atomic mass is 16.4. The van der Waals surface area contributed by atoms with E-state index in [1.807, 2.05) is 17.0 Å². The minimum Gasteiger partial charge on any atom is -0.455 e. The maximum Gasteiger partial charge on any atom is 0.289 e. The van der Waals surface area contributed by atoms with E-state index in [9.17, 15) is 4.79 Å². The molecule has 152 valence electrons. The lowest BCUT2D eigenvalue weighted by molar-refractivity contribution is 0.0756. The molecule has 4 nitrogen and oxygen atoms in total. The van der Waals surface area contributed by atoms with Gasteiger partial charge in [0.1, 0.15) is 5.76 Å². The number of furan rings is 1. The number of carbonyl (C=O) groups is 1. The third-order valence-corrected chi connectivity index (χ3v) is 5.56. The van der Waals surface area contributed by atoms with Gasteiger partial charge in [-0.25, -0.2) is 0 Å². The Morgan fingerprint density at radius 3 is 2.25 bits per heavy atom. The Morgan fingerprint density at radius 1 is 1.04 bits per heavy atom. The van der Waals surface area contributed by atoms with Crippen molar-refractivity contribution in [3.63, 3.8) is 0 Å². The Kier molecular flexibility index (Phi) is 6.29. The van der Waals surface area contributed by atoms with Crippen molar-refractivity contribution in [2.45, 2.75) is 72.0 Å². The smallest absolute Gasteiger partial charge is 0.289 e. The van der Waals surface area contributed by atoms with Crippen LogP contribution in [0.15, 0.2) is 40.8 Å². The van der Waals surface area contributed by atoms with Gasteiger partial charge in [-0.15, -0.1) is 0 Å². The molecule has 1 fully saturated rings. The lowest BCUT2D eigenvalue weighted by Gasteiger charge is -2.26. The first-order chi connectivity index (χ1) is 13.2. The van der Waals surface area contributed by atoms with Gasteiger partial charge in [-0.2, -0.15) is 0 Å². The van der Waals surface area contributed by atoms with Crippen molar-refractivity contribution in [2.24, 2.45) is 0 Å². The summed E-state index contributed by atoms with van der Waals surface area (Å²) in [6.45, 7) is 14.4. The fourth-order valence-corrected chi connectivity index (χ4v) is 3.62. The summed E-state index contributed by atoms with van der Waals surface area (Å²) in [5, 5.41) is 0. The third-order valence-electron chi connectivity index (χ3n) is 5.56. The van der Waals surface area contributed by atoms with E-state index in [0.29, 0.717) is 18.3 Å². The monoisotopic (exact) mass is 382 g/mol. The van der Waals surface area contributed by atoms with E-state index in [1.54, 1.807) is 0 Å². The molecule has 1 aliphatic heterocycles. The van der Waals surface area contributed by atoms with Gasteiger partial charge < -0.3 is 9.32 Å². The molecule has 1 aliphatic rings. The van der Waals surface area contributed by atoms with Crippen molar-refractivity contribution in [3.05, 3.63) is 59.0 Å². The number of nitrogens with zero attached hydrogens (tertiary/aromatic N) is 2. The highest BCUT2D eigenvalue weighted by molar-refractivity contribution is 5.91. The Labute approximate surface area is 169 Å². The average molecular weight is 383 g/mol. The van der Waals surface area contributed by atoms with Gasteiger partial charge >= 0.3 is 0 Å². The minimum atomic E-state index is 0.0256. The Bertz CT molecular complexity index is 778. The van der Waals surface area contributed by atoms with Gasteiger partial charge in [0, 0.05) is 25.7 Å². The van der Waals surface area contributed by atoms with Crippen LogP contribution in [0.5, 0.6) is 0 Å². The van der Waals surface area contributed by atoms with Gasteiger partial charge in [-0.05, 0) is 55.4 Å². The van der Waals surface area contributed by atoms with Gasteiger partial charge in [-0.1, -0.05) is 45.0 Å². The second-order valence-corrected chi connectivity index (χ2v) is 9.21. The summed E-state index contributed by atoms with van der Waals surface area (Å²) in [5.41, 5.74) is 2.81. The molecule has 0 spiro atoms. The molecule has 1 aromatic carbocycles. The van der Waals surface area contributed by atoms with E-state index in [2.05, 4.69) is 63.8 Å². The minimum absolute atomic E-state index is 0.0256. The van der Waals surface area contributed by atoms with Crippen molar-refractivity contribution in [2.75, 3.05) is 13.1 Å². The Morgan fingerprint density at radius 2 is 1.68 bits per heavy atom. The Balaban J connectivity index is 1.66. The van der Waals surface area contributed by atoms with Crippen molar-refractivity contribution in [1.82, 2.24) is 9.80 Å². The maximum atomic E-state index is 12.5. The highest BCUT2D eigenvalue weighted by Gasteiger charge is 2.23. The van der Waals surface area contributed by atoms with Crippen molar-refractivity contribution in [3.8, 4) is 0 Å². The molecular weight excluding hydrogens is 348 g/mol. The highest BCUT2D eigenvalue weighted by Crippen LogP contribution is 2.23. The molecule has 0 saturated carbocycles. The summed E-state index contributed by atoms with van der Waals surface area (Å²) in [7, 11) is 0. The number of amides is 1. The molecule has 0 bridgehead atoms. The molecule has 0 radical (unpaired) electrons. The van der Waals surface area contributed by atoms with E-state index < -0.39 is 0 Å². The van der Waals surface area contributed by atoms with Gasteiger partial charge in [0.2, 0.25) is 0 Å². The van der Waals surface area contributed by atoms with Crippen LogP contribution in [0.3, 0.4) is 0 Å². The molecule has 3 rings (SSSR count). The maximum absolute atomic E-state index is 12.5. The first-order valence-electron chi connectivity index (χ1n) is 10.5. The first kappa shape index (κ1) is 20.7. The topological polar surface area (TPSA) is 36.7 Å². The molecule has 0 atom stereocenters. The number of carbonyl (C=O) groups excluding carboxylic acids is 1. The summed E-state index contributed by atoms with van der Waals surface area (Å²) in [6, 6.07) is 13.1. The predicted molar refractivity (Wildman–Crippen MR) is 113 cm³/mol. The molecule has 4 heteroatoms. The standard InChI is InChI=1S/C24H34N2O2/c1-18(2)26(16-19-8-10-20(11-9-19)24(3,4)5)17-21-12-13-22(28-21)23(27)25-14-6-7-15-25/h8-13,18H,6-7,14-17H2,1-5H3. The second kappa shape index (κ2) is 8.52. The summed E-state index contributed by atoms with van der Waals surface area (Å²) >= 11 is 0. The van der Waals surface area contributed by atoms with Gasteiger partial charge in [0.25, 0.3) is 5.91 Å². The zero-order valence-corrected chi connectivity index (χ0v) is 18.0. The second-order valence-electron chi connectivity index (χ2n) is 9.21. The molecule has 1 aromatic heterocycles. The van der Waals surface area contributed by atoms with Gasteiger partial charge in [0.15, 0.2) is 5.76 Å². The van der Waals surface area contributed by atoms with Crippen LogP contribution in [0.2, 0.25) is 0 Å². The zero-order valence-electron chi connectivity index (χ0n) is 18.0. The van der Waals surface area contributed by atoms with Gasteiger partial charge in [-0.3, -0.25) is 9.69 Å². The number of likely N-dealkylation sites (tertiary alicyclic amines) is 1. The molecule has 2 aromatic rings. The van der Waals surface area contributed by atoms with Crippen LogP contribution in [0.4, 0.5) is 0 Å². The van der Waals surface area contributed by atoms with E-state index in [-0.39, 0.29) is 11.3 Å². The molecule has 1 saturated heterocycles. The van der Waals surface area contributed by atoms with Crippen molar-refractivity contribution < 1.29 is 9.21 Å². The van der Waals surface area contributed by atoms with Crippen molar-refractivity contribution in [1.29, 1.82) is 0 Å². The largest absolute Gasteiger partial charge is 0.455 e. The van der Waals surface area contributed by atoms with E-state index in [4.69, 9.17) is 4.42 Å². The van der Waals surface area contributed by atoms with Crippen LogP contribution in [0.25, 0.3) is 0 Å². The third kappa shape index (κ3) is 5.05. The molecule has 28 heavy (non-hydrogen) atoms. The molecule has 0 unspecified atom stereocenters. The van der Waals surface area contributed by atoms with Crippen LogP contribution < -0.4 is 0 Å². The van der Waals surface area contributed by atoms with Gasteiger partial charge in [0.05, 0.1) is 6.54 Å². The first-order valence-corrected chi connectivity index (χ1v) is 10.5. The lowest BCUT2D eigenvalue weighted by Crippen LogP contribution is -2.30. The zero-order chi connectivity index (χ0) is 20.3. The normalized spacial score (nSPS) is 15.0. The van der Waals surface area contributed by atoms with Crippen LogP contribution in [0.1, 0.15) is 74.9 Å². The number of rotatable bonds is 6. The summed E-state index contributed by atoms with van der Waals surface area (Å²) in [4.78, 5) is 16.8. The molecule has 0 aliphatic carbocycles. The number of hydrogen-bond donors (Lipinski definition) is 0. The summed E-state index contributed by atoms with van der Waals surface area (Å²) in [6.07, 6.45) is 2.18. The van der Waals surface area contributed by atoms with Crippen molar-refractivity contribution >= 4 is 5.91 Å². The molecule has 2 heterocycles. The number of benzene rings is 1. The molecule has 0 N–H and O–H groups in total. The summed E-state index contributed by atoms with van der Waals surface area (Å²) in [5.74, 6) is 1.34. The fourth-order valence-electron chi connectivity index (χ4n) is 3.62. The van der Waals surface area contributed by atoms with E-state index in [0.717, 1.165) is 38.2 Å². The van der Waals surface area contributed by atoms with Crippen LogP contribution in [-0.2, 0) is 18.5 Å². The lowest BCUT2D eigenvalue weighted by atomic mass is 9.87. The Hall–Kier alpha value is -2.07. The molecule has 1 amide bonds. The van der Waals surface area contributed by atoms with E-state index >= 15 is 0 Å².